The second kappa shape index (κ2) is 19.1. The predicted molar refractivity (Wildman–Crippen MR) is 245 cm³/mol. The van der Waals surface area contributed by atoms with Gasteiger partial charge in [-0.2, -0.15) is 26.3 Å². The summed E-state index contributed by atoms with van der Waals surface area (Å²) in [5.41, 5.74) is -6.53. The number of alkyl halides is 6. The number of rotatable bonds is 13. The van der Waals surface area contributed by atoms with Gasteiger partial charge in [0.1, 0.15) is 23.4 Å². The quantitative estimate of drug-likeness (QED) is 0.0766. The molecule has 1 saturated heterocycles. The molecule has 2 N–H and O–H groups in total. The lowest BCUT2D eigenvalue weighted by Crippen LogP contribution is -2.67. The predicted octanol–water partition coefficient (Wildman–Crippen LogP) is 9.21. The number of halogens is 6. The zero-order chi connectivity index (χ0) is 54.5. The van der Waals surface area contributed by atoms with Gasteiger partial charge in [-0.25, -0.2) is 4.79 Å². The Kier molecular flexibility index (Phi) is 14.9. The molecule has 9 aliphatic carbocycles. The van der Waals surface area contributed by atoms with Crippen LogP contribution in [0.2, 0.25) is 0 Å². The lowest BCUT2D eigenvalue weighted by Gasteiger charge is -2.62. The minimum atomic E-state index is -5.94. The van der Waals surface area contributed by atoms with E-state index in [2.05, 4.69) is 18.6 Å². The van der Waals surface area contributed by atoms with Crippen LogP contribution in [0.1, 0.15) is 172 Å². The Balaban J connectivity index is 0.000000171. The van der Waals surface area contributed by atoms with Gasteiger partial charge in [0.05, 0.1) is 27.4 Å². The van der Waals surface area contributed by atoms with Crippen LogP contribution in [0.4, 0.5) is 26.3 Å². The first-order chi connectivity index (χ1) is 33.4. The van der Waals surface area contributed by atoms with Crippen LogP contribution < -0.4 is 0 Å². The third-order valence-corrected chi connectivity index (χ3v) is 19.0. The van der Waals surface area contributed by atoms with E-state index in [1.165, 1.54) is 25.7 Å². The van der Waals surface area contributed by atoms with Gasteiger partial charge in [-0.1, -0.05) is 27.2 Å². The molecule has 0 amide bonds. The van der Waals surface area contributed by atoms with Gasteiger partial charge in [-0.05, 0) is 149 Å². The summed E-state index contributed by atoms with van der Waals surface area (Å²) in [4.78, 5) is 73.8. The summed E-state index contributed by atoms with van der Waals surface area (Å²) >= 11 is 0. The maximum absolute atomic E-state index is 12.8. The van der Waals surface area contributed by atoms with Gasteiger partial charge in [-0.3, -0.25) is 24.0 Å². The van der Waals surface area contributed by atoms with Crippen molar-refractivity contribution in [3.05, 3.63) is 0 Å². The lowest BCUT2D eigenvalue weighted by atomic mass is 9.50. The highest BCUT2D eigenvalue weighted by Crippen LogP contribution is 2.65. The van der Waals surface area contributed by atoms with E-state index < -0.39 is 112 Å². The summed E-state index contributed by atoms with van der Waals surface area (Å²) in [5, 5.41) is 21.3. The fourth-order valence-corrected chi connectivity index (χ4v) is 14.5. The van der Waals surface area contributed by atoms with Gasteiger partial charge in [0.25, 0.3) is 6.10 Å². The molecule has 414 valence electrons. The molecule has 0 spiro atoms. The van der Waals surface area contributed by atoms with E-state index in [4.69, 9.17) is 23.7 Å². The minimum Gasteiger partial charge on any atom is -0.459 e. The van der Waals surface area contributed by atoms with Crippen LogP contribution in [0.25, 0.3) is 0 Å². The smallest absolute Gasteiger partial charge is 0.434 e. The molecular weight excluding hydrogens is 975 g/mol. The highest BCUT2D eigenvalue weighted by atomic mass is 19.4. The second-order valence-corrected chi connectivity index (χ2v) is 25.6. The Labute approximate surface area is 423 Å². The van der Waals surface area contributed by atoms with E-state index in [0.29, 0.717) is 31.6 Å². The summed E-state index contributed by atoms with van der Waals surface area (Å²) in [6, 6.07) is 0. The summed E-state index contributed by atoms with van der Waals surface area (Å²) < 4.78 is 108. The van der Waals surface area contributed by atoms with Gasteiger partial charge >= 0.3 is 48.2 Å². The lowest BCUT2D eigenvalue weighted by molar-refractivity contribution is -0.315. The third kappa shape index (κ3) is 10.7. The van der Waals surface area contributed by atoms with Crippen LogP contribution in [0.5, 0.6) is 0 Å². The average Bonchev–Trinajstić information content (AvgIpc) is 4.11. The second-order valence-electron chi connectivity index (χ2n) is 25.6. The fraction of sp³-hybridized carbons (Fsp3) is 0.887. The molecule has 10 rings (SSSR count). The van der Waals surface area contributed by atoms with Crippen molar-refractivity contribution < 1.29 is 93.7 Å². The third-order valence-electron chi connectivity index (χ3n) is 19.0. The van der Waals surface area contributed by atoms with Crippen LogP contribution in [0.3, 0.4) is 0 Å². The Bertz CT molecular complexity index is 2140. The highest BCUT2D eigenvalue weighted by molar-refractivity contribution is 6.03. The molecular formula is C53H76F6O14. The SMILES string of the molecule is CCC(C)(C)C(=O)OC1(C)CC2CC1C1CCCC21.CCC(C)(C)C(=O)OC12CC3CC(O)(CC(O)(C3)C1)C2.CCC(C)(C)C(=O)OCC(=O)OC1C2CC3C1OC(=O)C3(C(=O)OC(C(F)(F)F)C(F)(F)F)C2. The number of hydrogen-bond acceptors (Lipinski definition) is 14. The number of aliphatic hydroxyl groups is 2. The molecule has 20 heteroatoms. The van der Waals surface area contributed by atoms with Gasteiger partial charge in [-0.15, -0.1) is 0 Å². The Hall–Kier alpha value is -3.68. The Morgan fingerprint density at radius 3 is 1.74 bits per heavy atom. The largest absolute Gasteiger partial charge is 0.459 e. The molecule has 0 aromatic rings. The molecule has 9 saturated carbocycles. The first-order valence-electron chi connectivity index (χ1n) is 26.3. The van der Waals surface area contributed by atoms with E-state index in [9.17, 15) is 65.3 Å². The van der Waals surface area contributed by atoms with Crippen molar-refractivity contribution in [3.8, 4) is 0 Å². The zero-order valence-corrected chi connectivity index (χ0v) is 43.9. The standard InChI is InChI=1S/C20H22F6O8.C17H28O2.C16H26O4/c1-4-17(2,3)14(28)31-7-10(27)32-11-8-5-9-12(11)33-15(29)18(9,6-8)16(30)34-13(19(21,22)23)20(24,25)26;1-5-16(2,3)15(18)19-17(4)10-11-9-14(17)13-8-6-7-12(11)13;1-4-13(2,3)12(17)20-16-7-11-5-14(18,9-16)8-15(19,6-11)10-16/h8-9,11-13H,4-7H2,1-3H3;11-14H,5-10H2,1-4H3;11,18-19H,4-10H2,1-3H3. The number of carbonyl (C=O) groups excluding carboxylic acids is 6. The van der Waals surface area contributed by atoms with E-state index in [-0.39, 0.29) is 35.3 Å². The monoisotopic (exact) mass is 1050 g/mol. The number of carbonyl (C=O) groups is 6. The molecule has 14 nitrogen and oxygen atoms in total. The topological polar surface area (TPSA) is 198 Å². The van der Waals surface area contributed by atoms with Crippen molar-refractivity contribution in [2.75, 3.05) is 6.61 Å². The molecule has 1 heterocycles. The molecule has 0 radical (unpaired) electrons. The van der Waals surface area contributed by atoms with Crippen molar-refractivity contribution in [1.29, 1.82) is 0 Å². The van der Waals surface area contributed by atoms with Crippen LogP contribution in [0.15, 0.2) is 0 Å². The number of hydrogen-bond donors (Lipinski definition) is 2. The van der Waals surface area contributed by atoms with Crippen LogP contribution in [0, 0.1) is 63.1 Å². The van der Waals surface area contributed by atoms with Gasteiger partial charge in [0.2, 0.25) is 0 Å². The zero-order valence-electron chi connectivity index (χ0n) is 43.9. The van der Waals surface area contributed by atoms with Gasteiger partial charge in [0.15, 0.2) is 12.0 Å². The van der Waals surface area contributed by atoms with E-state index in [1.54, 1.807) is 20.8 Å². The van der Waals surface area contributed by atoms with E-state index in [0.717, 1.165) is 56.3 Å². The van der Waals surface area contributed by atoms with E-state index >= 15 is 0 Å². The van der Waals surface area contributed by atoms with Gasteiger partial charge in [0, 0.05) is 37.0 Å². The molecule has 73 heavy (non-hydrogen) atoms. The number of fused-ring (bicyclic) bond motifs is 6. The Morgan fingerprint density at radius 1 is 0.685 bits per heavy atom. The molecule has 12 atom stereocenters. The van der Waals surface area contributed by atoms with E-state index in [1.807, 2.05) is 34.6 Å². The normalized spacial score (nSPS) is 38.5. The van der Waals surface area contributed by atoms with Crippen molar-refractivity contribution in [3.63, 3.8) is 0 Å². The summed E-state index contributed by atoms with van der Waals surface area (Å²) in [6.07, 6.45) is -6.82. The summed E-state index contributed by atoms with van der Waals surface area (Å²) in [5.74, 6) is -3.46. The molecule has 12 unspecified atom stereocenters. The highest BCUT2D eigenvalue weighted by Gasteiger charge is 2.77. The van der Waals surface area contributed by atoms with Crippen molar-refractivity contribution in [2.45, 2.75) is 225 Å². The molecule has 1 aliphatic heterocycles. The summed E-state index contributed by atoms with van der Waals surface area (Å²) in [6.45, 7) is 18.2. The molecule has 10 fully saturated rings. The van der Waals surface area contributed by atoms with Crippen LogP contribution >= 0.6 is 0 Å². The molecule has 0 aromatic heterocycles. The van der Waals surface area contributed by atoms with Gasteiger partial charge < -0.3 is 38.6 Å². The molecule has 0 aromatic carbocycles. The summed E-state index contributed by atoms with van der Waals surface area (Å²) in [7, 11) is 0. The van der Waals surface area contributed by atoms with Crippen molar-refractivity contribution in [2.24, 2.45) is 63.1 Å². The molecule has 8 bridgehead atoms. The molecule has 10 aliphatic rings. The first-order valence-corrected chi connectivity index (χ1v) is 26.3. The van der Waals surface area contributed by atoms with Crippen LogP contribution in [-0.4, -0.2) is 106 Å². The maximum atomic E-state index is 12.8. The minimum absolute atomic E-state index is 0.0135. The van der Waals surface area contributed by atoms with Crippen LogP contribution in [-0.2, 0) is 57.2 Å². The first kappa shape index (κ1) is 57.0. The van der Waals surface area contributed by atoms with Crippen molar-refractivity contribution in [1.82, 2.24) is 0 Å². The number of ether oxygens (including phenoxy) is 6. The number of esters is 6. The fourth-order valence-electron chi connectivity index (χ4n) is 14.5. The average molecular weight is 1050 g/mol. The maximum Gasteiger partial charge on any atom is 0.434 e. The Morgan fingerprint density at radius 2 is 1.21 bits per heavy atom. The van der Waals surface area contributed by atoms with Crippen molar-refractivity contribution >= 4 is 35.8 Å².